The molecule has 0 bridgehead atoms. The number of hydrogen-bond donors (Lipinski definition) is 2. The molecule has 1 fully saturated rings. The third-order valence-corrected chi connectivity index (χ3v) is 4.75. The summed E-state index contributed by atoms with van der Waals surface area (Å²) in [5, 5.41) is 18.3. The van der Waals surface area contributed by atoms with Gasteiger partial charge >= 0.3 is 0 Å². The Kier molecular flexibility index (Phi) is 5.23. The first kappa shape index (κ1) is 16.1. The summed E-state index contributed by atoms with van der Waals surface area (Å²) >= 11 is 9.13. The molecule has 1 aromatic heterocycles. The third kappa shape index (κ3) is 3.40. The highest BCUT2D eigenvalue weighted by Gasteiger charge is 2.20. The van der Waals surface area contributed by atoms with Crippen molar-refractivity contribution in [1.82, 2.24) is 9.78 Å². The number of nitrogens with zero attached hydrogens (tertiary/aromatic N) is 2. The van der Waals surface area contributed by atoms with Crippen molar-refractivity contribution in [2.75, 3.05) is 24.3 Å². The Morgan fingerprint density at radius 3 is 3.09 bits per heavy atom. The normalized spacial score (nSPS) is 20.2. The van der Waals surface area contributed by atoms with E-state index in [-0.39, 0.29) is 12.1 Å². The molecule has 0 amide bonds. The highest BCUT2D eigenvalue weighted by molar-refractivity contribution is 9.10. The average molecular weight is 389 g/mol. The van der Waals surface area contributed by atoms with Crippen molar-refractivity contribution < 1.29 is 9.84 Å². The number of nitrogens with one attached hydrogen (secondary N) is 1. The van der Waals surface area contributed by atoms with Crippen LogP contribution in [-0.4, -0.2) is 40.0 Å². The summed E-state index contributed by atoms with van der Waals surface area (Å²) in [6, 6.07) is 6.03. The van der Waals surface area contributed by atoms with E-state index in [2.05, 4.69) is 26.3 Å². The molecule has 0 spiro atoms. The lowest BCUT2D eigenvalue weighted by atomic mass is 10.2. The number of ether oxygens (including phenoxy) is 1. The minimum absolute atomic E-state index is 0.0134. The van der Waals surface area contributed by atoms with Crippen molar-refractivity contribution in [2.24, 2.45) is 0 Å². The van der Waals surface area contributed by atoms with Crippen LogP contribution in [-0.2, 0) is 4.74 Å². The summed E-state index contributed by atoms with van der Waals surface area (Å²) in [6.07, 6.45) is 2.73. The quantitative estimate of drug-likeness (QED) is 0.770. The minimum Gasteiger partial charge on any atom is -0.390 e. The fourth-order valence-electron chi connectivity index (χ4n) is 2.64. The summed E-state index contributed by atoms with van der Waals surface area (Å²) in [7, 11) is 0. The molecule has 1 aromatic carbocycles. The van der Waals surface area contributed by atoms with Gasteiger partial charge < -0.3 is 15.2 Å². The molecule has 1 saturated heterocycles. The standard InChI is InChI=1S/C15H19BrClN3O2/c16-15-12-7-10(18-9-11(21)8-17)4-5-13(12)20(19-15)14-3-1-2-6-22-14/h4-5,7,11,14,18,21H,1-3,6,8-9H2. The third-order valence-electron chi connectivity index (χ3n) is 3.81. The van der Waals surface area contributed by atoms with Gasteiger partial charge in [-0.3, -0.25) is 0 Å². The lowest BCUT2D eigenvalue weighted by Crippen LogP contribution is -2.20. The zero-order valence-corrected chi connectivity index (χ0v) is 14.5. The van der Waals surface area contributed by atoms with Crippen LogP contribution >= 0.6 is 27.5 Å². The molecule has 0 saturated carbocycles. The van der Waals surface area contributed by atoms with E-state index >= 15 is 0 Å². The van der Waals surface area contributed by atoms with Crippen molar-refractivity contribution in [1.29, 1.82) is 0 Å². The molecule has 2 heterocycles. The Hall–Kier alpha value is -0.820. The van der Waals surface area contributed by atoms with Gasteiger partial charge in [0.05, 0.1) is 17.5 Å². The van der Waals surface area contributed by atoms with E-state index in [1.165, 1.54) is 6.42 Å². The van der Waals surface area contributed by atoms with Gasteiger partial charge in [0.1, 0.15) is 4.60 Å². The van der Waals surface area contributed by atoms with Crippen LogP contribution in [0, 0.1) is 0 Å². The number of benzene rings is 1. The van der Waals surface area contributed by atoms with E-state index in [4.69, 9.17) is 16.3 Å². The van der Waals surface area contributed by atoms with Gasteiger partial charge in [0, 0.05) is 24.2 Å². The van der Waals surface area contributed by atoms with Crippen molar-refractivity contribution in [3.8, 4) is 0 Å². The Balaban J connectivity index is 1.84. The van der Waals surface area contributed by atoms with Gasteiger partial charge in [-0.05, 0) is 53.4 Å². The second-order valence-corrected chi connectivity index (χ2v) is 6.54. The van der Waals surface area contributed by atoms with Crippen LogP contribution in [0.25, 0.3) is 10.9 Å². The van der Waals surface area contributed by atoms with Crippen LogP contribution in [0.4, 0.5) is 5.69 Å². The maximum absolute atomic E-state index is 9.52. The van der Waals surface area contributed by atoms with Crippen molar-refractivity contribution in [3.05, 3.63) is 22.8 Å². The molecule has 2 N–H and O–H groups in total. The number of anilines is 1. The summed E-state index contributed by atoms with van der Waals surface area (Å²) in [6.45, 7) is 1.21. The molecule has 1 aliphatic rings. The number of aliphatic hydroxyl groups is 1. The highest BCUT2D eigenvalue weighted by atomic mass is 79.9. The molecule has 120 valence electrons. The van der Waals surface area contributed by atoms with Gasteiger partial charge in [-0.15, -0.1) is 11.6 Å². The number of fused-ring (bicyclic) bond motifs is 1. The van der Waals surface area contributed by atoms with Gasteiger partial charge in [-0.25, -0.2) is 4.68 Å². The van der Waals surface area contributed by atoms with E-state index in [1.54, 1.807) is 0 Å². The van der Waals surface area contributed by atoms with E-state index in [1.807, 2.05) is 22.9 Å². The van der Waals surface area contributed by atoms with Crippen LogP contribution in [0.1, 0.15) is 25.5 Å². The van der Waals surface area contributed by atoms with E-state index < -0.39 is 6.10 Å². The van der Waals surface area contributed by atoms with Crippen molar-refractivity contribution in [3.63, 3.8) is 0 Å². The van der Waals surface area contributed by atoms with Crippen molar-refractivity contribution in [2.45, 2.75) is 31.6 Å². The molecule has 2 aromatic rings. The summed E-state index contributed by atoms with van der Waals surface area (Å²) in [4.78, 5) is 0. The zero-order valence-electron chi connectivity index (χ0n) is 12.1. The molecule has 2 atom stereocenters. The van der Waals surface area contributed by atoms with Crippen LogP contribution in [0.2, 0.25) is 0 Å². The molecule has 2 unspecified atom stereocenters. The Labute approximate surface area is 142 Å². The van der Waals surface area contributed by atoms with Gasteiger partial charge in [0.25, 0.3) is 0 Å². The Morgan fingerprint density at radius 2 is 2.36 bits per heavy atom. The first-order valence-corrected chi connectivity index (χ1v) is 8.79. The first-order chi connectivity index (χ1) is 10.7. The summed E-state index contributed by atoms with van der Waals surface area (Å²) < 4.78 is 8.58. The van der Waals surface area contributed by atoms with E-state index in [0.717, 1.165) is 40.6 Å². The number of rotatable bonds is 5. The summed E-state index contributed by atoms with van der Waals surface area (Å²) in [5.41, 5.74) is 1.98. The average Bonchev–Trinajstić information content (AvgIpc) is 2.90. The number of alkyl halides is 1. The molecule has 3 rings (SSSR count). The number of halogens is 2. The molecule has 22 heavy (non-hydrogen) atoms. The second-order valence-electron chi connectivity index (χ2n) is 5.48. The molecule has 0 aliphatic carbocycles. The lowest BCUT2D eigenvalue weighted by molar-refractivity contribution is -0.0368. The van der Waals surface area contributed by atoms with Crippen LogP contribution in [0.5, 0.6) is 0 Å². The fourth-order valence-corrected chi connectivity index (χ4v) is 3.24. The van der Waals surface area contributed by atoms with E-state index in [0.29, 0.717) is 6.54 Å². The van der Waals surface area contributed by atoms with E-state index in [9.17, 15) is 5.11 Å². The van der Waals surface area contributed by atoms with Gasteiger partial charge in [0.2, 0.25) is 0 Å². The number of aromatic nitrogens is 2. The first-order valence-electron chi connectivity index (χ1n) is 7.46. The Morgan fingerprint density at radius 1 is 1.50 bits per heavy atom. The molecular weight excluding hydrogens is 370 g/mol. The number of hydrogen-bond acceptors (Lipinski definition) is 4. The highest BCUT2D eigenvalue weighted by Crippen LogP contribution is 2.31. The summed E-state index contributed by atoms with van der Waals surface area (Å²) in [5.74, 6) is 0.218. The topological polar surface area (TPSA) is 59.3 Å². The monoisotopic (exact) mass is 387 g/mol. The molecule has 7 heteroatoms. The molecule has 1 aliphatic heterocycles. The van der Waals surface area contributed by atoms with Crippen molar-refractivity contribution >= 4 is 44.1 Å². The zero-order chi connectivity index (χ0) is 15.5. The van der Waals surface area contributed by atoms with Gasteiger partial charge in [-0.1, -0.05) is 0 Å². The molecule has 5 nitrogen and oxygen atoms in total. The van der Waals surface area contributed by atoms with Gasteiger partial charge in [-0.2, -0.15) is 5.10 Å². The van der Waals surface area contributed by atoms with Gasteiger partial charge in [0.15, 0.2) is 6.23 Å². The van der Waals surface area contributed by atoms with Crippen LogP contribution in [0.3, 0.4) is 0 Å². The predicted molar refractivity (Wildman–Crippen MR) is 91.5 cm³/mol. The second kappa shape index (κ2) is 7.17. The predicted octanol–water partition coefficient (Wildman–Crippen LogP) is 3.51. The smallest absolute Gasteiger partial charge is 0.150 e. The fraction of sp³-hybridized carbons (Fsp3) is 0.533. The SMILES string of the molecule is OC(CCl)CNc1ccc2c(c1)c(Br)nn2C1CCCCO1. The lowest BCUT2D eigenvalue weighted by Gasteiger charge is -2.23. The molecule has 0 radical (unpaired) electrons. The Bertz CT molecular complexity index is 643. The maximum Gasteiger partial charge on any atom is 0.150 e. The maximum atomic E-state index is 9.52. The number of aliphatic hydroxyl groups excluding tert-OH is 1. The minimum atomic E-state index is -0.556. The largest absolute Gasteiger partial charge is 0.390 e. The van der Waals surface area contributed by atoms with Crippen LogP contribution < -0.4 is 5.32 Å². The van der Waals surface area contributed by atoms with Crippen LogP contribution in [0.15, 0.2) is 22.8 Å². The molecular formula is C15H19BrClN3O2.